The van der Waals surface area contributed by atoms with Gasteiger partial charge in [-0.1, -0.05) is 35.5 Å². The predicted octanol–water partition coefficient (Wildman–Crippen LogP) is 1.54. The first-order chi connectivity index (χ1) is 10.2. The van der Waals surface area contributed by atoms with Gasteiger partial charge in [0.1, 0.15) is 0 Å². The van der Waals surface area contributed by atoms with Crippen molar-refractivity contribution in [1.29, 1.82) is 0 Å². The SMILES string of the molecule is O=C(O)c1cn(CCn2cc(-c3ccccc3)cn2)nn1. The van der Waals surface area contributed by atoms with Crippen LogP contribution in [0.15, 0.2) is 48.9 Å². The summed E-state index contributed by atoms with van der Waals surface area (Å²) in [4.78, 5) is 10.7. The molecule has 0 atom stereocenters. The summed E-state index contributed by atoms with van der Waals surface area (Å²) >= 11 is 0. The van der Waals surface area contributed by atoms with Crippen molar-refractivity contribution < 1.29 is 9.90 Å². The molecule has 3 rings (SSSR count). The maximum absolute atomic E-state index is 10.7. The fourth-order valence-electron chi connectivity index (χ4n) is 1.98. The van der Waals surface area contributed by atoms with Crippen molar-refractivity contribution in [3.63, 3.8) is 0 Å². The van der Waals surface area contributed by atoms with Gasteiger partial charge in [-0.3, -0.25) is 4.68 Å². The van der Waals surface area contributed by atoms with Gasteiger partial charge in [-0.2, -0.15) is 5.10 Å². The molecule has 0 saturated heterocycles. The van der Waals surface area contributed by atoms with Gasteiger partial charge in [0.25, 0.3) is 0 Å². The van der Waals surface area contributed by atoms with Gasteiger partial charge in [-0.25, -0.2) is 9.48 Å². The Kier molecular flexibility index (Phi) is 3.46. The topological polar surface area (TPSA) is 85.8 Å². The maximum Gasteiger partial charge on any atom is 0.358 e. The van der Waals surface area contributed by atoms with Crippen LogP contribution in [0.1, 0.15) is 10.5 Å². The number of aromatic carboxylic acids is 1. The number of aromatic nitrogens is 5. The van der Waals surface area contributed by atoms with Crippen LogP contribution in [0, 0.1) is 0 Å². The van der Waals surface area contributed by atoms with Crippen LogP contribution < -0.4 is 0 Å². The molecule has 21 heavy (non-hydrogen) atoms. The van der Waals surface area contributed by atoms with Crippen molar-refractivity contribution in [2.75, 3.05) is 0 Å². The van der Waals surface area contributed by atoms with Crippen molar-refractivity contribution in [1.82, 2.24) is 24.8 Å². The van der Waals surface area contributed by atoms with Crippen molar-refractivity contribution in [3.05, 3.63) is 54.6 Å². The zero-order chi connectivity index (χ0) is 14.7. The fraction of sp³-hybridized carbons (Fsp3) is 0.143. The van der Waals surface area contributed by atoms with Gasteiger partial charge in [0.2, 0.25) is 0 Å². The predicted molar refractivity (Wildman–Crippen MR) is 74.6 cm³/mol. The van der Waals surface area contributed by atoms with Crippen LogP contribution in [0.5, 0.6) is 0 Å². The molecule has 0 fully saturated rings. The lowest BCUT2D eigenvalue weighted by molar-refractivity contribution is 0.0690. The first-order valence-electron chi connectivity index (χ1n) is 6.44. The van der Waals surface area contributed by atoms with Crippen LogP contribution >= 0.6 is 0 Å². The fourth-order valence-corrected chi connectivity index (χ4v) is 1.98. The summed E-state index contributed by atoms with van der Waals surface area (Å²) in [5, 5.41) is 20.4. The molecule has 3 aromatic rings. The molecule has 1 aromatic carbocycles. The van der Waals surface area contributed by atoms with Crippen LogP contribution in [0.4, 0.5) is 0 Å². The van der Waals surface area contributed by atoms with E-state index in [1.54, 1.807) is 10.9 Å². The van der Waals surface area contributed by atoms with Crippen molar-refractivity contribution in [2.45, 2.75) is 13.1 Å². The highest BCUT2D eigenvalue weighted by atomic mass is 16.4. The van der Waals surface area contributed by atoms with Gasteiger partial charge in [0.05, 0.1) is 25.5 Å². The number of carboxylic acids is 1. The summed E-state index contributed by atoms with van der Waals surface area (Å²) in [6.45, 7) is 1.10. The molecule has 0 unspecified atom stereocenters. The minimum absolute atomic E-state index is 0.0551. The minimum Gasteiger partial charge on any atom is -0.476 e. The summed E-state index contributed by atoms with van der Waals surface area (Å²) < 4.78 is 3.29. The third-order valence-electron chi connectivity index (χ3n) is 3.06. The maximum atomic E-state index is 10.7. The summed E-state index contributed by atoms with van der Waals surface area (Å²) in [5.41, 5.74) is 2.10. The molecule has 0 saturated carbocycles. The lowest BCUT2D eigenvalue weighted by Crippen LogP contribution is -2.08. The van der Waals surface area contributed by atoms with Gasteiger partial charge in [0, 0.05) is 11.8 Å². The third-order valence-corrected chi connectivity index (χ3v) is 3.06. The lowest BCUT2D eigenvalue weighted by atomic mass is 10.1. The Morgan fingerprint density at radius 3 is 2.52 bits per heavy atom. The van der Waals surface area contributed by atoms with E-state index in [0.717, 1.165) is 11.1 Å². The Hall–Kier alpha value is -2.96. The van der Waals surface area contributed by atoms with Crippen LogP contribution in [0.3, 0.4) is 0 Å². The number of benzene rings is 1. The molecule has 0 bridgehead atoms. The number of hydrogen-bond acceptors (Lipinski definition) is 4. The largest absolute Gasteiger partial charge is 0.476 e. The van der Waals surface area contributed by atoms with Crippen molar-refractivity contribution >= 4 is 5.97 Å². The second-order valence-corrected chi connectivity index (χ2v) is 4.53. The first kappa shape index (κ1) is 13.0. The molecule has 2 aromatic heterocycles. The van der Waals surface area contributed by atoms with Crippen LogP contribution in [-0.4, -0.2) is 35.9 Å². The molecule has 7 nitrogen and oxygen atoms in total. The Labute approximate surface area is 120 Å². The average Bonchev–Trinajstić information content (AvgIpc) is 3.15. The smallest absolute Gasteiger partial charge is 0.358 e. The Morgan fingerprint density at radius 1 is 1.05 bits per heavy atom. The van der Waals surface area contributed by atoms with Gasteiger partial charge < -0.3 is 5.11 Å². The summed E-state index contributed by atoms with van der Waals surface area (Å²) in [7, 11) is 0. The Morgan fingerprint density at radius 2 is 1.81 bits per heavy atom. The molecule has 0 radical (unpaired) electrons. The Balaban J connectivity index is 1.66. The molecule has 106 valence electrons. The Bertz CT molecular complexity index is 748. The van der Waals surface area contributed by atoms with E-state index in [-0.39, 0.29) is 5.69 Å². The highest BCUT2D eigenvalue weighted by Gasteiger charge is 2.08. The standard InChI is InChI=1S/C14H13N5O2/c20-14(21)13-10-19(17-16-13)7-6-18-9-12(8-15-18)11-4-2-1-3-5-11/h1-5,8-10H,6-7H2,(H,20,21). The zero-order valence-electron chi connectivity index (χ0n) is 11.1. The van der Waals surface area contributed by atoms with E-state index >= 15 is 0 Å². The lowest BCUT2D eigenvalue weighted by Gasteiger charge is -2.00. The highest BCUT2D eigenvalue weighted by Crippen LogP contribution is 2.17. The minimum atomic E-state index is -1.08. The van der Waals surface area contributed by atoms with E-state index in [1.807, 2.05) is 36.5 Å². The molecule has 1 N–H and O–H groups in total. The molecule has 0 spiro atoms. The summed E-state index contributed by atoms with van der Waals surface area (Å²) in [5.74, 6) is -1.08. The number of nitrogens with zero attached hydrogens (tertiary/aromatic N) is 5. The van der Waals surface area contributed by atoms with E-state index in [1.165, 1.54) is 10.9 Å². The molecule has 2 heterocycles. The first-order valence-corrected chi connectivity index (χ1v) is 6.44. The number of aryl methyl sites for hydroxylation is 2. The third kappa shape index (κ3) is 2.97. The van der Waals surface area contributed by atoms with E-state index in [4.69, 9.17) is 5.11 Å². The molecule has 0 aliphatic carbocycles. The molecule has 0 aliphatic heterocycles. The van der Waals surface area contributed by atoms with Crippen LogP contribution in [-0.2, 0) is 13.1 Å². The number of carbonyl (C=O) groups is 1. The molecular formula is C14H13N5O2. The van der Waals surface area contributed by atoms with Gasteiger partial charge in [-0.05, 0) is 5.56 Å². The second kappa shape index (κ2) is 5.58. The molecule has 0 amide bonds. The van der Waals surface area contributed by atoms with E-state index in [9.17, 15) is 4.79 Å². The van der Waals surface area contributed by atoms with Gasteiger partial charge in [0.15, 0.2) is 5.69 Å². The molecular weight excluding hydrogens is 270 g/mol. The van der Waals surface area contributed by atoms with Gasteiger partial charge in [-0.15, -0.1) is 5.10 Å². The average molecular weight is 283 g/mol. The summed E-state index contributed by atoms with van der Waals surface area (Å²) in [6.07, 6.45) is 5.16. The van der Waals surface area contributed by atoms with E-state index in [0.29, 0.717) is 13.1 Å². The van der Waals surface area contributed by atoms with E-state index < -0.39 is 5.97 Å². The normalized spacial score (nSPS) is 10.7. The van der Waals surface area contributed by atoms with Crippen LogP contribution in [0.25, 0.3) is 11.1 Å². The van der Waals surface area contributed by atoms with Crippen molar-refractivity contribution in [2.24, 2.45) is 0 Å². The van der Waals surface area contributed by atoms with Crippen molar-refractivity contribution in [3.8, 4) is 11.1 Å². The number of hydrogen-bond donors (Lipinski definition) is 1. The highest BCUT2D eigenvalue weighted by molar-refractivity contribution is 5.84. The number of carboxylic acid groups (broad SMARTS) is 1. The monoisotopic (exact) mass is 283 g/mol. The quantitative estimate of drug-likeness (QED) is 0.767. The van der Waals surface area contributed by atoms with E-state index in [2.05, 4.69) is 15.4 Å². The van der Waals surface area contributed by atoms with Gasteiger partial charge >= 0.3 is 5.97 Å². The molecule has 0 aliphatic rings. The zero-order valence-corrected chi connectivity index (χ0v) is 11.1. The second-order valence-electron chi connectivity index (χ2n) is 4.53. The molecule has 7 heteroatoms. The number of rotatable bonds is 5. The summed E-state index contributed by atoms with van der Waals surface area (Å²) in [6, 6.07) is 9.99. The van der Waals surface area contributed by atoms with Crippen LogP contribution in [0.2, 0.25) is 0 Å².